The van der Waals surface area contributed by atoms with Crippen LogP contribution >= 0.6 is 0 Å². The van der Waals surface area contributed by atoms with Gasteiger partial charge in [-0.1, -0.05) is 146 Å². The van der Waals surface area contributed by atoms with E-state index < -0.39 is 0 Å². The number of para-hydroxylation sites is 3. The Morgan fingerprint density at radius 1 is 0.271 bits per heavy atom. The predicted molar refractivity (Wildman–Crippen MR) is 201 cm³/mol. The summed E-state index contributed by atoms with van der Waals surface area (Å²) in [6, 6.07) is 56.5. The Bertz CT molecular complexity index is 3050. The Balaban J connectivity index is 1.18. The van der Waals surface area contributed by atoms with Gasteiger partial charge < -0.3 is 8.83 Å². The summed E-state index contributed by atoms with van der Waals surface area (Å²) in [4.78, 5) is 0. The van der Waals surface area contributed by atoms with Gasteiger partial charge in [-0.3, -0.25) is 0 Å². The van der Waals surface area contributed by atoms with E-state index in [-0.39, 0.29) is 0 Å². The van der Waals surface area contributed by atoms with Gasteiger partial charge in [-0.05, 0) is 66.7 Å². The monoisotopic (exact) mass is 610 g/mol. The van der Waals surface area contributed by atoms with Crippen molar-refractivity contribution >= 4 is 76.2 Å². The van der Waals surface area contributed by atoms with E-state index in [1.165, 1.54) is 54.6 Å². The van der Waals surface area contributed by atoms with E-state index >= 15 is 0 Å². The van der Waals surface area contributed by atoms with Gasteiger partial charge in [0.1, 0.15) is 22.3 Å². The van der Waals surface area contributed by atoms with Gasteiger partial charge in [0.2, 0.25) is 0 Å². The van der Waals surface area contributed by atoms with Gasteiger partial charge in [0, 0.05) is 32.7 Å². The normalized spacial score (nSPS) is 12.2. The molecule has 2 nitrogen and oxygen atoms in total. The van der Waals surface area contributed by atoms with Gasteiger partial charge in [0.15, 0.2) is 0 Å². The summed E-state index contributed by atoms with van der Waals surface area (Å²) >= 11 is 0. The highest BCUT2D eigenvalue weighted by atomic mass is 16.3. The zero-order chi connectivity index (χ0) is 31.3. The highest BCUT2D eigenvalue weighted by Gasteiger charge is 2.21. The van der Waals surface area contributed by atoms with Crippen LogP contribution in [0.5, 0.6) is 0 Å². The first-order chi connectivity index (χ1) is 23.8. The van der Waals surface area contributed by atoms with Gasteiger partial charge in [0.05, 0.1) is 0 Å². The second-order valence-corrected chi connectivity index (χ2v) is 12.8. The molecule has 0 N–H and O–H groups in total. The molecule has 0 fully saturated rings. The maximum absolute atomic E-state index is 6.77. The van der Waals surface area contributed by atoms with Gasteiger partial charge >= 0.3 is 0 Å². The van der Waals surface area contributed by atoms with E-state index in [9.17, 15) is 0 Å². The number of furan rings is 2. The number of benzene rings is 9. The lowest BCUT2D eigenvalue weighted by Gasteiger charge is -2.17. The number of fused-ring (bicyclic) bond motifs is 6. The standard InChI is InChI=1S/C46H26O2/c1-2-9-27(10-3-1)30-23-19-28-22-26-35-31(24-20-29-21-25-34(30)42(28)43(29)35)33-12-8-18-41-44(33)39-16-7-15-38(46(39)48-41)37-14-6-13-36-32-11-4-5-17-40(32)47-45(36)37/h1-26H. The maximum atomic E-state index is 6.77. The van der Waals surface area contributed by atoms with Crippen LogP contribution in [0.15, 0.2) is 167 Å². The number of rotatable bonds is 3. The van der Waals surface area contributed by atoms with E-state index in [2.05, 4.69) is 146 Å². The van der Waals surface area contributed by atoms with Crippen LogP contribution in [-0.2, 0) is 0 Å². The summed E-state index contributed by atoms with van der Waals surface area (Å²) in [6.45, 7) is 0. The molecule has 2 heterocycles. The predicted octanol–water partition coefficient (Wildman–Crippen LogP) is 13.4. The second kappa shape index (κ2) is 9.57. The summed E-state index contributed by atoms with van der Waals surface area (Å²) in [7, 11) is 0. The molecular formula is C46H26O2. The van der Waals surface area contributed by atoms with E-state index in [1.54, 1.807) is 0 Å². The highest BCUT2D eigenvalue weighted by molar-refractivity contribution is 6.29. The lowest BCUT2D eigenvalue weighted by atomic mass is 9.86. The molecule has 11 rings (SSSR count). The quantitative estimate of drug-likeness (QED) is 0.186. The molecule has 0 aliphatic heterocycles. The molecule has 48 heavy (non-hydrogen) atoms. The van der Waals surface area contributed by atoms with Crippen molar-refractivity contribution in [3.63, 3.8) is 0 Å². The van der Waals surface area contributed by atoms with Crippen molar-refractivity contribution in [2.24, 2.45) is 0 Å². The van der Waals surface area contributed by atoms with Crippen molar-refractivity contribution in [3.8, 4) is 33.4 Å². The minimum absolute atomic E-state index is 0.873. The molecule has 0 saturated heterocycles. The molecular weight excluding hydrogens is 585 g/mol. The molecule has 2 aromatic heterocycles. The van der Waals surface area contributed by atoms with Crippen molar-refractivity contribution in [2.45, 2.75) is 0 Å². The van der Waals surface area contributed by atoms with Crippen LogP contribution in [0.1, 0.15) is 0 Å². The van der Waals surface area contributed by atoms with E-state index in [0.29, 0.717) is 0 Å². The lowest BCUT2D eigenvalue weighted by molar-refractivity contribution is 0.665. The fourth-order valence-electron chi connectivity index (χ4n) is 8.15. The zero-order valence-corrected chi connectivity index (χ0v) is 25.8. The molecule has 9 aromatic carbocycles. The van der Waals surface area contributed by atoms with Crippen molar-refractivity contribution in [1.82, 2.24) is 0 Å². The molecule has 0 spiro atoms. The second-order valence-electron chi connectivity index (χ2n) is 12.8. The number of hydrogen-bond donors (Lipinski definition) is 0. The molecule has 11 aromatic rings. The van der Waals surface area contributed by atoms with Crippen molar-refractivity contribution < 1.29 is 8.83 Å². The molecule has 0 aliphatic rings. The molecule has 0 saturated carbocycles. The van der Waals surface area contributed by atoms with Crippen LogP contribution in [0.2, 0.25) is 0 Å². The SMILES string of the molecule is c1ccc(-c2ccc3ccc4c(-c5cccc6oc7c(-c8cccc9c8oc8ccccc89)cccc7c56)ccc5ccc2c3c54)cc1. The topological polar surface area (TPSA) is 26.3 Å². The third kappa shape index (κ3) is 3.46. The molecule has 0 unspecified atom stereocenters. The summed E-state index contributed by atoms with van der Waals surface area (Å²) in [5.74, 6) is 0. The van der Waals surface area contributed by atoms with Crippen molar-refractivity contribution in [3.05, 3.63) is 158 Å². The third-order valence-electron chi connectivity index (χ3n) is 10.3. The third-order valence-corrected chi connectivity index (χ3v) is 10.3. The van der Waals surface area contributed by atoms with Crippen LogP contribution in [-0.4, -0.2) is 0 Å². The Morgan fingerprint density at radius 2 is 0.812 bits per heavy atom. The van der Waals surface area contributed by atoms with Crippen molar-refractivity contribution in [2.75, 3.05) is 0 Å². The van der Waals surface area contributed by atoms with Gasteiger partial charge in [-0.15, -0.1) is 0 Å². The number of hydrogen-bond acceptors (Lipinski definition) is 2. The van der Waals surface area contributed by atoms with Gasteiger partial charge in [-0.25, -0.2) is 0 Å². The zero-order valence-electron chi connectivity index (χ0n) is 25.8. The summed E-state index contributed by atoms with van der Waals surface area (Å²) in [6.07, 6.45) is 0. The highest BCUT2D eigenvalue weighted by Crippen LogP contribution is 2.46. The smallest absolute Gasteiger partial charge is 0.143 e. The maximum Gasteiger partial charge on any atom is 0.143 e. The lowest BCUT2D eigenvalue weighted by Crippen LogP contribution is -1.89. The average Bonchev–Trinajstić information content (AvgIpc) is 3.73. The van der Waals surface area contributed by atoms with Gasteiger partial charge in [0.25, 0.3) is 0 Å². The van der Waals surface area contributed by atoms with Gasteiger partial charge in [-0.2, -0.15) is 0 Å². The van der Waals surface area contributed by atoms with Crippen LogP contribution in [0, 0.1) is 0 Å². The minimum atomic E-state index is 0.873. The Morgan fingerprint density at radius 3 is 1.60 bits per heavy atom. The summed E-state index contributed by atoms with van der Waals surface area (Å²) in [5, 5.41) is 12.1. The summed E-state index contributed by atoms with van der Waals surface area (Å²) in [5.41, 5.74) is 10.5. The fraction of sp³-hybridized carbons (Fsp3) is 0. The first kappa shape index (κ1) is 25.8. The van der Waals surface area contributed by atoms with Crippen LogP contribution in [0.3, 0.4) is 0 Å². The molecule has 0 amide bonds. The van der Waals surface area contributed by atoms with Crippen LogP contribution < -0.4 is 0 Å². The Kier molecular flexibility index (Phi) is 5.14. The van der Waals surface area contributed by atoms with E-state index in [0.717, 1.165) is 55.0 Å². The molecule has 2 heteroatoms. The molecule has 0 radical (unpaired) electrons. The van der Waals surface area contributed by atoms with Crippen molar-refractivity contribution in [1.29, 1.82) is 0 Å². The largest absolute Gasteiger partial charge is 0.455 e. The molecule has 0 atom stereocenters. The fourth-order valence-corrected chi connectivity index (χ4v) is 8.15. The summed E-state index contributed by atoms with van der Waals surface area (Å²) < 4.78 is 13.2. The first-order valence-corrected chi connectivity index (χ1v) is 16.4. The Hall–Kier alpha value is -6.38. The molecule has 0 aliphatic carbocycles. The minimum Gasteiger partial charge on any atom is -0.455 e. The molecule has 222 valence electrons. The van der Waals surface area contributed by atoms with E-state index in [1.807, 2.05) is 12.1 Å². The molecule has 0 bridgehead atoms. The first-order valence-electron chi connectivity index (χ1n) is 16.4. The van der Waals surface area contributed by atoms with E-state index in [4.69, 9.17) is 8.83 Å². The average molecular weight is 611 g/mol. The Labute approximate surface area is 275 Å². The van der Waals surface area contributed by atoms with Crippen LogP contribution in [0.25, 0.3) is 110 Å². The van der Waals surface area contributed by atoms with Crippen LogP contribution in [0.4, 0.5) is 0 Å².